The molecular formula is C11H17FN2O2S. The number of nitrogens with one attached hydrogen (secondary N) is 1. The van der Waals surface area contributed by atoms with Gasteiger partial charge in [-0.3, -0.25) is 0 Å². The molecule has 0 atom stereocenters. The fourth-order valence-electron chi connectivity index (χ4n) is 1.24. The van der Waals surface area contributed by atoms with E-state index in [2.05, 4.69) is 4.72 Å². The number of benzene rings is 1. The minimum atomic E-state index is -3.80. The van der Waals surface area contributed by atoms with Crippen molar-refractivity contribution in [2.75, 3.05) is 5.73 Å². The van der Waals surface area contributed by atoms with E-state index in [4.69, 9.17) is 5.73 Å². The lowest BCUT2D eigenvalue weighted by molar-refractivity contribution is 0.439. The molecule has 0 unspecified atom stereocenters. The summed E-state index contributed by atoms with van der Waals surface area (Å²) in [5.41, 5.74) is 4.48. The number of nitrogens with two attached hydrogens (primary N) is 1. The van der Waals surface area contributed by atoms with Crippen LogP contribution in [0.4, 0.5) is 10.1 Å². The Morgan fingerprint density at radius 1 is 1.41 bits per heavy atom. The van der Waals surface area contributed by atoms with Crippen LogP contribution in [0, 0.1) is 5.82 Å². The Labute approximate surface area is 101 Å². The third-order valence-corrected chi connectivity index (χ3v) is 4.35. The molecule has 1 aromatic rings. The van der Waals surface area contributed by atoms with Crippen LogP contribution in [0.2, 0.25) is 0 Å². The number of halogens is 1. The monoisotopic (exact) mass is 260 g/mol. The van der Waals surface area contributed by atoms with Gasteiger partial charge in [-0.05, 0) is 32.4 Å². The highest BCUT2D eigenvalue weighted by Crippen LogP contribution is 2.23. The van der Waals surface area contributed by atoms with Crippen LogP contribution >= 0.6 is 0 Å². The molecule has 0 amide bonds. The normalized spacial score (nSPS) is 12.7. The Bertz CT molecular complexity index is 512. The highest BCUT2D eigenvalue weighted by Gasteiger charge is 2.26. The minimum Gasteiger partial charge on any atom is -0.395 e. The van der Waals surface area contributed by atoms with Crippen molar-refractivity contribution in [3.05, 3.63) is 24.0 Å². The molecule has 0 saturated heterocycles. The molecule has 0 fully saturated rings. The second-order valence-corrected chi connectivity index (χ2v) is 6.15. The highest BCUT2D eigenvalue weighted by atomic mass is 32.2. The smallest absolute Gasteiger partial charge is 0.243 e. The molecule has 1 rings (SSSR count). The summed E-state index contributed by atoms with van der Waals surface area (Å²) in [6.07, 6.45) is 0.613. The maximum absolute atomic E-state index is 13.2. The summed E-state index contributed by atoms with van der Waals surface area (Å²) in [6, 6.07) is 3.73. The molecule has 0 aliphatic carbocycles. The van der Waals surface area contributed by atoms with Crippen LogP contribution in [0.1, 0.15) is 27.2 Å². The van der Waals surface area contributed by atoms with Gasteiger partial charge in [0, 0.05) is 5.54 Å². The third-order valence-electron chi connectivity index (χ3n) is 2.60. The summed E-state index contributed by atoms with van der Waals surface area (Å²) in [7, 11) is -3.80. The first-order valence-corrected chi connectivity index (χ1v) is 6.76. The molecule has 0 spiro atoms. The lowest BCUT2D eigenvalue weighted by Gasteiger charge is -2.24. The largest absolute Gasteiger partial charge is 0.395 e. The van der Waals surface area contributed by atoms with Gasteiger partial charge in [0.25, 0.3) is 0 Å². The molecule has 3 N–H and O–H groups in total. The Hall–Kier alpha value is -1.14. The zero-order chi connectivity index (χ0) is 13.3. The van der Waals surface area contributed by atoms with Crippen LogP contribution in [-0.2, 0) is 10.0 Å². The van der Waals surface area contributed by atoms with E-state index in [1.165, 1.54) is 12.1 Å². The van der Waals surface area contributed by atoms with Gasteiger partial charge >= 0.3 is 0 Å². The summed E-state index contributed by atoms with van der Waals surface area (Å²) in [5.74, 6) is -0.734. The number of sulfonamides is 1. The minimum absolute atomic E-state index is 0.223. The predicted molar refractivity (Wildman–Crippen MR) is 65.5 cm³/mol. The summed E-state index contributed by atoms with van der Waals surface area (Å²) in [5, 5.41) is 0. The van der Waals surface area contributed by atoms with Crippen molar-refractivity contribution in [3.63, 3.8) is 0 Å². The zero-order valence-electron chi connectivity index (χ0n) is 10.1. The van der Waals surface area contributed by atoms with Crippen molar-refractivity contribution in [2.24, 2.45) is 0 Å². The molecule has 17 heavy (non-hydrogen) atoms. The summed E-state index contributed by atoms with van der Waals surface area (Å²) < 4.78 is 39.7. The molecule has 0 aromatic heterocycles. The summed E-state index contributed by atoms with van der Waals surface area (Å²) in [4.78, 5) is -0.223. The molecule has 4 nitrogen and oxygen atoms in total. The lowest BCUT2D eigenvalue weighted by atomic mass is 10.0. The summed E-state index contributed by atoms with van der Waals surface area (Å²) in [6.45, 7) is 5.36. The Morgan fingerprint density at radius 2 is 2.00 bits per heavy atom. The van der Waals surface area contributed by atoms with Gasteiger partial charge in [0.2, 0.25) is 10.0 Å². The van der Waals surface area contributed by atoms with Gasteiger partial charge in [-0.1, -0.05) is 13.0 Å². The first-order valence-electron chi connectivity index (χ1n) is 5.27. The first kappa shape index (κ1) is 13.9. The van der Waals surface area contributed by atoms with E-state index >= 15 is 0 Å². The van der Waals surface area contributed by atoms with E-state index in [-0.39, 0.29) is 10.6 Å². The molecule has 1 aromatic carbocycles. The lowest BCUT2D eigenvalue weighted by Crippen LogP contribution is -2.42. The van der Waals surface area contributed by atoms with Crippen molar-refractivity contribution in [2.45, 2.75) is 37.6 Å². The molecular weight excluding hydrogens is 243 g/mol. The van der Waals surface area contributed by atoms with E-state index < -0.39 is 21.4 Å². The highest BCUT2D eigenvalue weighted by molar-refractivity contribution is 7.89. The summed E-state index contributed by atoms with van der Waals surface area (Å²) >= 11 is 0. The van der Waals surface area contributed by atoms with E-state index in [0.717, 1.165) is 6.07 Å². The van der Waals surface area contributed by atoms with Crippen molar-refractivity contribution in [1.82, 2.24) is 4.72 Å². The standard InChI is InChI=1S/C11H17FN2O2S/c1-4-11(2,3)14-17(15,16)9-7-5-6-8(12)10(9)13/h5-7,14H,4,13H2,1-3H3. The average molecular weight is 260 g/mol. The fourth-order valence-corrected chi connectivity index (χ4v) is 2.87. The fraction of sp³-hybridized carbons (Fsp3) is 0.455. The average Bonchev–Trinajstić information content (AvgIpc) is 2.20. The van der Waals surface area contributed by atoms with Crippen molar-refractivity contribution in [1.29, 1.82) is 0 Å². The van der Waals surface area contributed by atoms with Crippen molar-refractivity contribution in [3.8, 4) is 0 Å². The van der Waals surface area contributed by atoms with Gasteiger partial charge < -0.3 is 5.73 Å². The molecule has 0 saturated carbocycles. The molecule has 0 aliphatic heterocycles. The van der Waals surface area contributed by atoms with E-state index in [1.807, 2.05) is 6.92 Å². The SMILES string of the molecule is CCC(C)(C)NS(=O)(=O)c1cccc(F)c1N. The number of para-hydroxylation sites is 1. The molecule has 0 heterocycles. The first-order chi connectivity index (χ1) is 7.69. The van der Waals surface area contributed by atoms with Crippen molar-refractivity contribution >= 4 is 15.7 Å². The number of hydrogen-bond acceptors (Lipinski definition) is 3. The maximum Gasteiger partial charge on any atom is 0.243 e. The van der Waals surface area contributed by atoms with Crippen LogP contribution in [0.15, 0.2) is 23.1 Å². The number of hydrogen-bond donors (Lipinski definition) is 2. The van der Waals surface area contributed by atoms with Gasteiger partial charge in [-0.25, -0.2) is 17.5 Å². The number of anilines is 1. The van der Waals surface area contributed by atoms with E-state index in [0.29, 0.717) is 6.42 Å². The quantitative estimate of drug-likeness (QED) is 0.812. The zero-order valence-corrected chi connectivity index (χ0v) is 10.9. The Balaban J connectivity index is 3.19. The van der Waals surface area contributed by atoms with Gasteiger partial charge in [0.05, 0.1) is 5.69 Å². The van der Waals surface area contributed by atoms with Crippen LogP contribution < -0.4 is 10.5 Å². The molecule has 0 bridgehead atoms. The third kappa shape index (κ3) is 3.17. The Morgan fingerprint density at radius 3 is 2.53 bits per heavy atom. The number of nitrogen functional groups attached to an aromatic ring is 1. The van der Waals surface area contributed by atoms with Gasteiger partial charge in [-0.15, -0.1) is 0 Å². The second-order valence-electron chi connectivity index (χ2n) is 4.49. The molecule has 0 radical (unpaired) electrons. The van der Waals surface area contributed by atoms with E-state index in [1.54, 1.807) is 13.8 Å². The van der Waals surface area contributed by atoms with E-state index in [9.17, 15) is 12.8 Å². The molecule has 6 heteroatoms. The Kier molecular flexibility index (Phi) is 3.78. The van der Waals surface area contributed by atoms with Gasteiger partial charge in [0.1, 0.15) is 10.7 Å². The second kappa shape index (κ2) is 4.62. The maximum atomic E-state index is 13.2. The van der Waals surface area contributed by atoms with Gasteiger partial charge in [-0.2, -0.15) is 0 Å². The van der Waals surface area contributed by atoms with Crippen LogP contribution in [0.25, 0.3) is 0 Å². The number of rotatable bonds is 4. The van der Waals surface area contributed by atoms with Crippen LogP contribution in [0.5, 0.6) is 0 Å². The topological polar surface area (TPSA) is 72.2 Å². The van der Waals surface area contributed by atoms with Crippen LogP contribution in [-0.4, -0.2) is 14.0 Å². The molecule has 96 valence electrons. The van der Waals surface area contributed by atoms with Crippen molar-refractivity contribution < 1.29 is 12.8 Å². The molecule has 0 aliphatic rings. The predicted octanol–water partition coefficient (Wildman–Crippen LogP) is 1.87. The van der Waals surface area contributed by atoms with Crippen LogP contribution in [0.3, 0.4) is 0 Å². The van der Waals surface area contributed by atoms with Gasteiger partial charge in [0.15, 0.2) is 0 Å².